The van der Waals surface area contributed by atoms with E-state index >= 15 is 0 Å². The Balaban J connectivity index is 0.00000320. The van der Waals surface area contributed by atoms with Crippen LogP contribution >= 0.6 is 24.0 Å². The van der Waals surface area contributed by atoms with Gasteiger partial charge in [0.1, 0.15) is 0 Å². The number of nitro groups is 1. The lowest BCUT2D eigenvalue weighted by Crippen LogP contribution is -2.49. The summed E-state index contributed by atoms with van der Waals surface area (Å²) < 4.78 is 0. The van der Waals surface area contributed by atoms with Crippen LogP contribution in [0.3, 0.4) is 0 Å². The number of guanidine groups is 1. The van der Waals surface area contributed by atoms with Gasteiger partial charge in [-0.05, 0) is 44.1 Å². The fraction of sp³-hybridized carbons (Fsp3) is 0.682. The molecule has 0 spiro atoms. The topological polar surface area (TPSA) is 82.8 Å². The van der Waals surface area contributed by atoms with Crippen LogP contribution in [0, 0.1) is 16.0 Å². The molecule has 168 valence electrons. The number of piperidine rings is 1. The maximum Gasteiger partial charge on any atom is 0.269 e. The van der Waals surface area contributed by atoms with E-state index in [2.05, 4.69) is 27.4 Å². The minimum absolute atomic E-state index is 0. The molecule has 0 radical (unpaired) electrons. The van der Waals surface area contributed by atoms with Crippen LogP contribution in [-0.4, -0.2) is 48.0 Å². The molecule has 2 N–H and O–H groups in total. The van der Waals surface area contributed by atoms with Gasteiger partial charge in [0.05, 0.1) is 11.5 Å². The quantitative estimate of drug-likeness (QED) is 0.181. The van der Waals surface area contributed by atoms with Crippen molar-refractivity contribution >= 4 is 35.6 Å². The van der Waals surface area contributed by atoms with E-state index in [1.165, 1.54) is 44.7 Å². The van der Waals surface area contributed by atoms with Crippen LogP contribution in [0.25, 0.3) is 0 Å². The zero-order chi connectivity index (χ0) is 20.5. The highest BCUT2D eigenvalue weighted by atomic mass is 127. The second kappa shape index (κ2) is 13.1. The van der Waals surface area contributed by atoms with Crippen LogP contribution in [0.4, 0.5) is 5.69 Å². The van der Waals surface area contributed by atoms with Crippen molar-refractivity contribution in [2.24, 2.45) is 10.9 Å². The summed E-state index contributed by atoms with van der Waals surface area (Å²) in [6.45, 7) is 6.85. The molecule has 2 fully saturated rings. The van der Waals surface area contributed by atoms with Gasteiger partial charge in [0.2, 0.25) is 0 Å². The molecule has 1 saturated carbocycles. The summed E-state index contributed by atoms with van der Waals surface area (Å²) in [7, 11) is 0. The van der Waals surface area contributed by atoms with Crippen molar-refractivity contribution in [3.05, 3.63) is 39.9 Å². The third kappa shape index (κ3) is 8.02. The first kappa shape index (κ1) is 24.8. The van der Waals surface area contributed by atoms with E-state index in [0.717, 1.165) is 49.9 Å². The molecule has 0 aromatic heterocycles. The fourth-order valence-electron chi connectivity index (χ4n) is 4.45. The molecule has 8 heteroatoms. The number of hydrogen-bond donors (Lipinski definition) is 2. The SMILES string of the molecule is CCNC(=NCc1cccc([N+](=O)[O-])c1)NC1CCN(CC2CCCCC2)CC1.I. The average molecular weight is 529 g/mol. The van der Waals surface area contributed by atoms with Crippen LogP contribution in [0.15, 0.2) is 29.3 Å². The standard InChI is InChI=1S/C22H35N5O2.HI/c1-2-23-22(24-16-19-9-6-10-21(15-19)27(28)29)25-20-11-13-26(14-12-20)17-18-7-4-3-5-8-18;/h6,9-10,15,18,20H,2-5,7-8,11-14,16-17H2,1H3,(H2,23,24,25);1H. The molecule has 1 saturated heterocycles. The molecular formula is C22H36IN5O2. The van der Waals surface area contributed by atoms with E-state index in [1.54, 1.807) is 12.1 Å². The Hall–Kier alpha value is -1.42. The third-order valence-electron chi connectivity index (χ3n) is 6.05. The summed E-state index contributed by atoms with van der Waals surface area (Å²) in [5, 5.41) is 17.8. The number of nitrogens with one attached hydrogen (secondary N) is 2. The van der Waals surface area contributed by atoms with Gasteiger partial charge in [0.25, 0.3) is 5.69 Å². The summed E-state index contributed by atoms with van der Waals surface area (Å²) in [6.07, 6.45) is 9.33. The highest BCUT2D eigenvalue weighted by Crippen LogP contribution is 2.25. The Kier molecular flexibility index (Phi) is 10.8. The molecule has 1 aliphatic carbocycles. The van der Waals surface area contributed by atoms with Gasteiger partial charge in [-0.1, -0.05) is 31.4 Å². The number of rotatable bonds is 7. The van der Waals surface area contributed by atoms with Gasteiger partial charge in [-0.25, -0.2) is 4.99 Å². The fourth-order valence-corrected chi connectivity index (χ4v) is 4.45. The Morgan fingerprint density at radius 1 is 1.20 bits per heavy atom. The van der Waals surface area contributed by atoms with Gasteiger partial charge < -0.3 is 15.5 Å². The van der Waals surface area contributed by atoms with E-state index < -0.39 is 0 Å². The number of hydrogen-bond acceptors (Lipinski definition) is 4. The van der Waals surface area contributed by atoms with Crippen LogP contribution in [0.2, 0.25) is 0 Å². The van der Waals surface area contributed by atoms with Crippen LogP contribution in [-0.2, 0) is 6.54 Å². The summed E-state index contributed by atoms with van der Waals surface area (Å²) in [4.78, 5) is 17.9. The van der Waals surface area contributed by atoms with Gasteiger partial charge in [-0.15, -0.1) is 24.0 Å². The van der Waals surface area contributed by atoms with E-state index in [0.29, 0.717) is 12.6 Å². The molecule has 0 bridgehead atoms. The lowest BCUT2D eigenvalue weighted by Gasteiger charge is -2.36. The Bertz CT molecular complexity index is 686. The van der Waals surface area contributed by atoms with Gasteiger partial charge in [0.15, 0.2) is 5.96 Å². The van der Waals surface area contributed by atoms with Gasteiger partial charge >= 0.3 is 0 Å². The number of nitrogens with zero attached hydrogens (tertiary/aromatic N) is 3. The van der Waals surface area contributed by atoms with Gasteiger partial charge in [-0.3, -0.25) is 10.1 Å². The van der Waals surface area contributed by atoms with Crippen LogP contribution in [0.1, 0.15) is 57.4 Å². The number of likely N-dealkylation sites (tertiary alicyclic amines) is 1. The highest BCUT2D eigenvalue weighted by Gasteiger charge is 2.23. The summed E-state index contributed by atoms with van der Waals surface area (Å²) in [6, 6.07) is 7.13. The van der Waals surface area contributed by atoms with Crippen molar-refractivity contribution in [3.63, 3.8) is 0 Å². The molecular weight excluding hydrogens is 493 g/mol. The second-order valence-corrected chi connectivity index (χ2v) is 8.35. The maximum atomic E-state index is 10.9. The van der Waals surface area contributed by atoms with Gasteiger partial charge in [-0.2, -0.15) is 0 Å². The molecule has 0 amide bonds. The number of nitro benzene ring substituents is 1. The van der Waals surface area contributed by atoms with E-state index in [1.807, 2.05) is 6.07 Å². The first-order valence-electron chi connectivity index (χ1n) is 11.1. The molecule has 30 heavy (non-hydrogen) atoms. The Morgan fingerprint density at radius 2 is 1.93 bits per heavy atom. The van der Waals surface area contributed by atoms with Crippen molar-refractivity contribution in [3.8, 4) is 0 Å². The molecule has 1 aliphatic heterocycles. The molecule has 1 heterocycles. The average Bonchev–Trinajstić information content (AvgIpc) is 2.74. The first-order chi connectivity index (χ1) is 14.1. The van der Waals surface area contributed by atoms with Crippen molar-refractivity contribution < 1.29 is 4.92 Å². The number of non-ortho nitro benzene ring substituents is 1. The van der Waals surface area contributed by atoms with Gasteiger partial charge in [0, 0.05) is 44.4 Å². The van der Waals surface area contributed by atoms with Crippen molar-refractivity contribution in [1.82, 2.24) is 15.5 Å². The number of benzene rings is 1. The normalized spacial score (nSPS) is 19.2. The second-order valence-electron chi connectivity index (χ2n) is 8.35. The monoisotopic (exact) mass is 529 g/mol. The molecule has 1 aromatic rings. The summed E-state index contributed by atoms with van der Waals surface area (Å²) in [5.41, 5.74) is 0.958. The molecule has 7 nitrogen and oxygen atoms in total. The summed E-state index contributed by atoms with van der Waals surface area (Å²) in [5.74, 6) is 1.70. The minimum atomic E-state index is -0.363. The predicted octanol–water partition coefficient (Wildman–Crippen LogP) is 4.31. The molecule has 0 unspecified atom stereocenters. The molecule has 2 aliphatic rings. The van der Waals surface area contributed by atoms with E-state index in [-0.39, 0.29) is 34.6 Å². The molecule has 0 atom stereocenters. The Morgan fingerprint density at radius 3 is 2.60 bits per heavy atom. The lowest BCUT2D eigenvalue weighted by atomic mass is 9.88. The lowest BCUT2D eigenvalue weighted by molar-refractivity contribution is -0.384. The van der Waals surface area contributed by atoms with E-state index in [9.17, 15) is 10.1 Å². The minimum Gasteiger partial charge on any atom is -0.357 e. The molecule has 3 rings (SSSR count). The van der Waals surface area contributed by atoms with Crippen LogP contribution in [0.5, 0.6) is 0 Å². The Labute approximate surface area is 197 Å². The largest absolute Gasteiger partial charge is 0.357 e. The third-order valence-corrected chi connectivity index (χ3v) is 6.05. The zero-order valence-electron chi connectivity index (χ0n) is 18.0. The van der Waals surface area contributed by atoms with Crippen molar-refractivity contribution in [2.45, 2.75) is 64.5 Å². The zero-order valence-corrected chi connectivity index (χ0v) is 20.3. The number of aliphatic imine (C=N–C) groups is 1. The smallest absolute Gasteiger partial charge is 0.269 e. The van der Waals surface area contributed by atoms with Crippen molar-refractivity contribution in [1.29, 1.82) is 0 Å². The first-order valence-corrected chi connectivity index (χ1v) is 11.1. The summed E-state index contributed by atoms with van der Waals surface area (Å²) >= 11 is 0. The highest BCUT2D eigenvalue weighted by molar-refractivity contribution is 14.0. The number of halogens is 1. The van der Waals surface area contributed by atoms with E-state index in [4.69, 9.17) is 0 Å². The van der Waals surface area contributed by atoms with Crippen LogP contribution < -0.4 is 10.6 Å². The maximum absolute atomic E-state index is 10.9. The van der Waals surface area contributed by atoms with Crippen molar-refractivity contribution in [2.75, 3.05) is 26.2 Å². The predicted molar refractivity (Wildman–Crippen MR) is 132 cm³/mol. The molecule has 1 aromatic carbocycles.